The van der Waals surface area contributed by atoms with Crippen molar-refractivity contribution in [2.24, 2.45) is 5.73 Å². The Morgan fingerprint density at radius 3 is 2.45 bits per heavy atom. The second-order valence-corrected chi connectivity index (χ2v) is 6.75. The predicted molar refractivity (Wildman–Crippen MR) is 85.3 cm³/mol. The van der Waals surface area contributed by atoms with Gasteiger partial charge in [0.1, 0.15) is 0 Å². The third-order valence-corrected chi connectivity index (χ3v) is 5.42. The molecule has 2 nitrogen and oxygen atoms in total. The largest absolute Gasteiger partial charge is 0.323 e. The number of hydrogen-bond donors (Lipinski definition) is 1. The monoisotopic (exact) mass is 307 g/mol. The Morgan fingerprint density at radius 2 is 1.85 bits per heavy atom. The summed E-state index contributed by atoms with van der Waals surface area (Å²) in [6, 6.07) is 16.7. The highest BCUT2D eigenvalue weighted by Crippen LogP contribution is 2.26. The van der Waals surface area contributed by atoms with Crippen molar-refractivity contribution in [3.8, 4) is 0 Å². The molecular formula is C16H18ClNOS. The topological polar surface area (TPSA) is 43.1 Å². The van der Waals surface area contributed by atoms with Gasteiger partial charge in [-0.1, -0.05) is 54.9 Å². The van der Waals surface area contributed by atoms with Crippen LogP contribution in [-0.2, 0) is 10.8 Å². The summed E-state index contributed by atoms with van der Waals surface area (Å²) in [5.74, 6) is 0. The molecular weight excluding hydrogens is 290 g/mol. The first-order valence-corrected chi connectivity index (χ1v) is 8.19. The van der Waals surface area contributed by atoms with E-state index in [0.29, 0.717) is 5.02 Å². The van der Waals surface area contributed by atoms with Gasteiger partial charge < -0.3 is 5.73 Å². The summed E-state index contributed by atoms with van der Waals surface area (Å²) in [6.45, 7) is 2.01. The lowest BCUT2D eigenvalue weighted by molar-refractivity contribution is 0.612. The Morgan fingerprint density at radius 1 is 1.15 bits per heavy atom. The number of hydrogen-bond acceptors (Lipinski definition) is 2. The van der Waals surface area contributed by atoms with E-state index in [2.05, 4.69) is 0 Å². The van der Waals surface area contributed by atoms with Crippen molar-refractivity contribution in [2.75, 3.05) is 0 Å². The Kier molecular flexibility index (Phi) is 5.35. The lowest BCUT2D eigenvalue weighted by Crippen LogP contribution is -2.29. The van der Waals surface area contributed by atoms with Gasteiger partial charge in [0.05, 0.1) is 16.0 Å². The van der Waals surface area contributed by atoms with Crippen molar-refractivity contribution in [1.82, 2.24) is 0 Å². The van der Waals surface area contributed by atoms with Crippen molar-refractivity contribution in [3.05, 3.63) is 65.2 Å². The van der Waals surface area contributed by atoms with E-state index in [9.17, 15) is 4.21 Å². The summed E-state index contributed by atoms with van der Waals surface area (Å²) in [7, 11) is -1.17. The fraction of sp³-hybridized carbons (Fsp3) is 0.250. The second-order valence-electron chi connectivity index (χ2n) is 4.64. The average molecular weight is 308 g/mol. The van der Waals surface area contributed by atoms with Crippen LogP contribution in [0.4, 0.5) is 0 Å². The van der Waals surface area contributed by atoms with Crippen molar-refractivity contribution >= 4 is 22.4 Å². The zero-order valence-corrected chi connectivity index (χ0v) is 12.9. The molecule has 2 aromatic carbocycles. The molecule has 3 unspecified atom stereocenters. The molecule has 0 heterocycles. The van der Waals surface area contributed by atoms with Gasteiger partial charge in [0.2, 0.25) is 0 Å². The van der Waals surface area contributed by atoms with Crippen LogP contribution < -0.4 is 5.73 Å². The van der Waals surface area contributed by atoms with Gasteiger partial charge in [-0.3, -0.25) is 4.21 Å². The van der Waals surface area contributed by atoms with Crippen LogP contribution >= 0.6 is 11.6 Å². The standard InChI is InChI=1S/C16H18ClNOS/c1-2-15(16(18)12-7-4-3-5-8-12)20(19)14-10-6-9-13(17)11-14/h3-11,15-16H,2,18H2,1H3. The van der Waals surface area contributed by atoms with E-state index in [1.807, 2.05) is 49.4 Å². The molecule has 2 N–H and O–H groups in total. The molecule has 20 heavy (non-hydrogen) atoms. The molecule has 0 spiro atoms. The Labute approximate surface area is 127 Å². The summed E-state index contributed by atoms with van der Waals surface area (Å²) in [5, 5.41) is 0.467. The van der Waals surface area contributed by atoms with E-state index in [1.165, 1.54) is 0 Å². The van der Waals surface area contributed by atoms with E-state index >= 15 is 0 Å². The molecule has 0 aromatic heterocycles. The van der Waals surface area contributed by atoms with Crippen LogP contribution in [0.2, 0.25) is 5.02 Å². The van der Waals surface area contributed by atoms with Gasteiger partial charge in [0, 0.05) is 16.0 Å². The van der Waals surface area contributed by atoms with Crippen LogP contribution in [0, 0.1) is 0 Å². The zero-order chi connectivity index (χ0) is 14.5. The Balaban J connectivity index is 2.26. The minimum Gasteiger partial charge on any atom is -0.323 e. The molecule has 0 aliphatic carbocycles. The van der Waals surface area contributed by atoms with Gasteiger partial charge in [-0.15, -0.1) is 0 Å². The van der Waals surface area contributed by atoms with E-state index in [-0.39, 0.29) is 11.3 Å². The van der Waals surface area contributed by atoms with E-state index in [4.69, 9.17) is 17.3 Å². The first-order valence-electron chi connectivity index (χ1n) is 6.60. The smallest absolute Gasteiger partial charge is 0.0584 e. The van der Waals surface area contributed by atoms with Crippen molar-refractivity contribution in [3.63, 3.8) is 0 Å². The van der Waals surface area contributed by atoms with Crippen molar-refractivity contribution in [1.29, 1.82) is 0 Å². The molecule has 3 atom stereocenters. The predicted octanol–water partition coefficient (Wildman–Crippen LogP) is 3.93. The highest BCUT2D eigenvalue weighted by molar-refractivity contribution is 7.85. The molecule has 0 aliphatic rings. The second kappa shape index (κ2) is 7.02. The van der Waals surface area contributed by atoms with Crippen molar-refractivity contribution < 1.29 is 4.21 Å². The van der Waals surface area contributed by atoms with E-state index in [0.717, 1.165) is 16.9 Å². The maximum Gasteiger partial charge on any atom is 0.0584 e. The Bertz CT molecular complexity index is 588. The summed E-state index contributed by atoms with van der Waals surface area (Å²) in [6.07, 6.45) is 0.745. The van der Waals surface area contributed by atoms with Crippen LogP contribution in [0.3, 0.4) is 0 Å². The highest BCUT2D eigenvalue weighted by Gasteiger charge is 2.25. The van der Waals surface area contributed by atoms with Gasteiger partial charge >= 0.3 is 0 Å². The van der Waals surface area contributed by atoms with Gasteiger partial charge in [0.15, 0.2) is 0 Å². The molecule has 0 amide bonds. The summed E-state index contributed by atoms with van der Waals surface area (Å²) >= 11 is 5.97. The number of halogens is 1. The van der Waals surface area contributed by atoms with Gasteiger partial charge in [-0.05, 0) is 30.2 Å². The quantitative estimate of drug-likeness (QED) is 0.909. The third kappa shape index (κ3) is 3.48. The SMILES string of the molecule is CCC(C(N)c1ccccc1)S(=O)c1cccc(Cl)c1. The first-order chi connectivity index (χ1) is 9.63. The number of rotatable bonds is 5. The Hall–Kier alpha value is -1.16. The first kappa shape index (κ1) is 15.2. The molecule has 2 aromatic rings. The highest BCUT2D eigenvalue weighted by atomic mass is 35.5. The molecule has 0 saturated heterocycles. The minimum absolute atomic E-state index is 0.129. The van der Waals surface area contributed by atoms with E-state index < -0.39 is 10.8 Å². The molecule has 0 aliphatic heterocycles. The molecule has 0 fully saturated rings. The van der Waals surface area contributed by atoms with Gasteiger partial charge in [-0.25, -0.2) is 0 Å². The van der Waals surface area contributed by atoms with Gasteiger partial charge in [-0.2, -0.15) is 0 Å². The summed E-state index contributed by atoms with van der Waals surface area (Å²) in [5.41, 5.74) is 7.31. The van der Waals surface area contributed by atoms with Crippen LogP contribution in [-0.4, -0.2) is 9.46 Å². The molecule has 0 saturated carbocycles. The number of benzene rings is 2. The van der Waals surface area contributed by atoms with Crippen LogP contribution in [0.15, 0.2) is 59.5 Å². The lowest BCUT2D eigenvalue weighted by atomic mass is 10.0. The molecule has 4 heteroatoms. The maximum absolute atomic E-state index is 12.7. The molecule has 0 radical (unpaired) electrons. The number of nitrogens with two attached hydrogens (primary N) is 1. The van der Waals surface area contributed by atoms with Crippen LogP contribution in [0.1, 0.15) is 24.9 Å². The zero-order valence-electron chi connectivity index (χ0n) is 11.3. The van der Waals surface area contributed by atoms with Crippen LogP contribution in [0.5, 0.6) is 0 Å². The average Bonchev–Trinajstić information content (AvgIpc) is 2.48. The molecule has 0 bridgehead atoms. The van der Waals surface area contributed by atoms with Crippen LogP contribution in [0.25, 0.3) is 0 Å². The fourth-order valence-electron chi connectivity index (χ4n) is 2.20. The third-order valence-electron chi connectivity index (χ3n) is 3.29. The normalized spacial score (nSPS) is 15.6. The van der Waals surface area contributed by atoms with E-state index in [1.54, 1.807) is 12.1 Å². The summed E-state index contributed by atoms with van der Waals surface area (Å²) < 4.78 is 12.7. The van der Waals surface area contributed by atoms with Crippen molar-refractivity contribution in [2.45, 2.75) is 29.5 Å². The lowest BCUT2D eigenvalue weighted by Gasteiger charge is -2.22. The fourth-order valence-corrected chi connectivity index (χ4v) is 3.98. The molecule has 2 rings (SSSR count). The minimum atomic E-state index is -1.17. The summed E-state index contributed by atoms with van der Waals surface area (Å²) in [4.78, 5) is 0.732. The maximum atomic E-state index is 12.7. The molecule has 106 valence electrons. The van der Waals surface area contributed by atoms with Gasteiger partial charge in [0.25, 0.3) is 0 Å².